The molecular weight excluding hydrogens is 298 g/mol. The quantitative estimate of drug-likeness (QED) is 0.674. The summed E-state index contributed by atoms with van der Waals surface area (Å²) in [4.78, 5) is 2.42. The van der Waals surface area contributed by atoms with E-state index in [0.717, 1.165) is 28.9 Å². The molecule has 0 saturated heterocycles. The summed E-state index contributed by atoms with van der Waals surface area (Å²) in [7, 11) is 0. The van der Waals surface area contributed by atoms with Gasteiger partial charge in [0, 0.05) is 15.5 Å². The van der Waals surface area contributed by atoms with Crippen molar-refractivity contribution in [1.29, 1.82) is 0 Å². The number of hydrazine groups is 1. The second kappa shape index (κ2) is 5.81. The van der Waals surface area contributed by atoms with Gasteiger partial charge in [0.1, 0.15) is 0 Å². The van der Waals surface area contributed by atoms with Crippen LogP contribution >= 0.6 is 23.1 Å². The molecule has 3 N–H and O–H groups in total. The maximum absolute atomic E-state index is 13.4. The minimum absolute atomic E-state index is 0.300. The minimum Gasteiger partial charge on any atom is -0.271 e. The summed E-state index contributed by atoms with van der Waals surface area (Å²) in [5.74, 6) is 6.08. The van der Waals surface area contributed by atoms with Crippen LogP contribution in [0, 0.1) is 11.6 Å². The number of thioether (sulfide) groups is 1. The summed E-state index contributed by atoms with van der Waals surface area (Å²) in [6.07, 6.45) is 1.07. The molecule has 0 amide bonds. The average Bonchev–Trinajstić information content (AvgIpc) is 2.87. The van der Waals surface area contributed by atoms with Gasteiger partial charge in [0.05, 0.1) is 6.04 Å². The topological polar surface area (TPSA) is 38.0 Å². The molecule has 0 radical (unpaired) electrons. The van der Waals surface area contributed by atoms with Crippen LogP contribution in [0.15, 0.2) is 24.3 Å². The summed E-state index contributed by atoms with van der Waals surface area (Å²) in [5, 5.41) is 0. The second-order valence-electron chi connectivity index (χ2n) is 4.67. The Morgan fingerprint density at radius 2 is 2.05 bits per heavy atom. The third kappa shape index (κ3) is 2.61. The van der Waals surface area contributed by atoms with Crippen molar-refractivity contribution in [2.45, 2.75) is 18.2 Å². The maximum atomic E-state index is 13.4. The van der Waals surface area contributed by atoms with E-state index in [9.17, 15) is 8.78 Å². The molecule has 0 saturated carbocycles. The molecule has 0 fully saturated rings. The van der Waals surface area contributed by atoms with Crippen molar-refractivity contribution in [3.05, 3.63) is 56.8 Å². The van der Waals surface area contributed by atoms with Crippen LogP contribution in [0.5, 0.6) is 0 Å². The van der Waals surface area contributed by atoms with E-state index >= 15 is 0 Å². The van der Waals surface area contributed by atoms with Crippen molar-refractivity contribution in [3.63, 3.8) is 0 Å². The lowest BCUT2D eigenvalue weighted by Crippen LogP contribution is -2.28. The molecule has 6 heteroatoms. The summed E-state index contributed by atoms with van der Waals surface area (Å²) in [6, 6.07) is 5.73. The summed E-state index contributed by atoms with van der Waals surface area (Å²) < 4.78 is 26.4. The number of nitrogens with one attached hydrogen (secondary N) is 1. The predicted octanol–water partition coefficient (Wildman–Crippen LogP) is 3.37. The molecule has 1 aliphatic rings. The standard InChI is InChI=1S/C14H14F2N2S2/c15-10-2-1-8(5-11(10)16)14(18-17)13-6-9-7-19-4-3-12(9)20-13/h1-2,5-6,14,18H,3-4,7,17H2. The van der Waals surface area contributed by atoms with Crippen LogP contribution in [-0.2, 0) is 12.2 Å². The van der Waals surface area contributed by atoms with E-state index in [1.807, 2.05) is 11.8 Å². The Labute approximate surface area is 124 Å². The Morgan fingerprint density at radius 1 is 1.20 bits per heavy atom. The fourth-order valence-electron chi connectivity index (χ4n) is 2.35. The van der Waals surface area contributed by atoms with Gasteiger partial charge in [0.15, 0.2) is 11.6 Å². The Balaban J connectivity index is 1.96. The van der Waals surface area contributed by atoms with Crippen molar-refractivity contribution in [2.75, 3.05) is 5.75 Å². The summed E-state index contributed by atoms with van der Waals surface area (Å²) in [5.41, 5.74) is 4.68. The Bertz CT molecular complexity index is 604. The lowest BCUT2D eigenvalue weighted by atomic mass is 10.0. The first-order valence-corrected chi connectivity index (χ1v) is 8.26. The highest BCUT2D eigenvalue weighted by Gasteiger charge is 2.20. The molecule has 1 unspecified atom stereocenters. The first kappa shape index (κ1) is 14.0. The fourth-order valence-corrected chi connectivity index (χ4v) is 4.81. The molecule has 106 valence electrons. The number of rotatable bonds is 3. The molecule has 2 heterocycles. The van der Waals surface area contributed by atoms with Crippen molar-refractivity contribution in [2.24, 2.45) is 5.84 Å². The predicted molar refractivity (Wildman–Crippen MR) is 79.7 cm³/mol. The third-order valence-corrected chi connectivity index (χ3v) is 5.68. The van der Waals surface area contributed by atoms with Gasteiger partial charge in [-0.15, -0.1) is 11.3 Å². The van der Waals surface area contributed by atoms with E-state index in [2.05, 4.69) is 11.5 Å². The first-order chi connectivity index (χ1) is 9.69. The monoisotopic (exact) mass is 312 g/mol. The molecule has 0 aliphatic carbocycles. The molecule has 2 aromatic rings. The molecule has 0 spiro atoms. The molecule has 3 rings (SSSR count). The highest BCUT2D eigenvalue weighted by Crippen LogP contribution is 2.36. The van der Waals surface area contributed by atoms with Crippen LogP contribution < -0.4 is 11.3 Å². The number of nitrogens with two attached hydrogens (primary N) is 1. The Kier molecular flexibility index (Phi) is 4.07. The Morgan fingerprint density at radius 3 is 2.75 bits per heavy atom. The maximum Gasteiger partial charge on any atom is 0.159 e. The number of hydrogen-bond donors (Lipinski definition) is 2. The van der Waals surface area contributed by atoms with Gasteiger partial charge in [-0.2, -0.15) is 11.8 Å². The van der Waals surface area contributed by atoms with E-state index in [-0.39, 0.29) is 6.04 Å². The largest absolute Gasteiger partial charge is 0.271 e. The lowest BCUT2D eigenvalue weighted by Gasteiger charge is -2.14. The molecule has 1 aromatic heterocycles. The van der Waals surface area contributed by atoms with Crippen molar-refractivity contribution >= 4 is 23.1 Å². The molecule has 1 aromatic carbocycles. The van der Waals surface area contributed by atoms with E-state index in [1.165, 1.54) is 16.5 Å². The zero-order chi connectivity index (χ0) is 14.1. The zero-order valence-electron chi connectivity index (χ0n) is 10.7. The average molecular weight is 312 g/mol. The van der Waals surface area contributed by atoms with E-state index in [4.69, 9.17) is 5.84 Å². The van der Waals surface area contributed by atoms with Crippen LogP contribution in [0.4, 0.5) is 8.78 Å². The van der Waals surface area contributed by atoms with Gasteiger partial charge in [-0.25, -0.2) is 14.2 Å². The van der Waals surface area contributed by atoms with Crippen LogP contribution in [0.3, 0.4) is 0 Å². The van der Waals surface area contributed by atoms with E-state index in [0.29, 0.717) is 5.56 Å². The van der Waals surface area contributed by atoms with Gasteiger partial charge in [0.25, 0.3) is 0 Å². The van der Waals surface area contributed by atoms with Crippen LogP contribution in [0.1, 0.15) is 26.9 Å². The fraction of sp³-hybridized carbons (Fsp3) is 0.286. The second-order valence-corrected chi connectivity index (χ2v) is 6.95. The summed E-state index contributed by atoms with van der Waals surface area (Å²) in [6.45, 7) is 0. The Hall–Kier alpha value is -0.950. The molecule has 2 nitrogen and oxygen atoms in total. The highest BCUT2D eigenvalue weighted by atomic mass is 32.2. The summed E-state index contributed by atoms with van der Waals surface area (Å²) >= 11 is 3.62. The normalized spacial score (nSPS) is 15.9. The van der Waals surface area contributed by atoms with Gasteiger partial charge in [0.2, 0.25) is 0 Å². The number of hydrogen-bond acceptors (Lipinski definition) is 4. The van der Waals surface area contributed by atoms with E-state index in [1.54, 1.807) is 17.4 Å². The van der Waals surface area contributed by atoms with Crippen molar-refractivity contribution in [1.82, 2.24) is 5.43 Å². The smallest absolute Gasteiger partial charge is 0.159 e. The molecule has 1 atom stereocenters. The van der Waals surface area contributed by atoms with Crippen molar-refractivity contribution in [3.8, 4) is 0 Å². The number of aryl methyl sites for hydroxylation is 1. The third-order valence-electron chi connectivity index (χ3n) is 3.37. The van der Waals surface area contributed by atoms with Gasteiger partial charge in [-0.3, -0.25) is 5.84 Å². The zero-order valence-corrected chi connectivity index (χ0v) is 12.3. The molecular formula is C14H14F2N2S2. The number of thiophene rings is 1. The number of fused-ring (bicyclic) bond motifs is 1. The number of benzene rings is 1. The van der Waals surface area contributed by atoms with Crippen LogP contribution in [0.25, 0.3) is 0 Å². The first-order valence-electron chi connectivity index (χ1n) is 6.29. The van der Waals surface area contributed by atoms with Crippen LogP contribution in [0.2, 0.25) is 0 Å². The molecule has 20 heavy (non-hydrogen) atoms. The SMILES string of the molecule is NNC(c1ccc(F)c(F)c1)c1cc2c(s1)CCSC2. The lowest BCUT2D eigenvalue weighted by molar-refractivity contribution is 0.504. The van der Waals surface area contributed by atoms with Gasteiger partial charge >= 0.3 is 0 Å². The van der Waals surface area contributed by atoms with Crippen molar-refractivity contribution < 1.29 is 8.78 Å². The van der Waals surface area contributed by atoms with Gasteiger partial charge < -0.3 is 0 Å². The number of halogens is 2. The molecule has 0 bridgehead atoms. The van der Waals surface area contributed by atoms with Gasteiger partial charge in [-0.05, 0) is 41.5 Å². The minimum atomic E-state index is -0.848. The molecule has 1 aliphatic heterocycles. The highest BCUT2D eigenvalue weighted by molar-refractivity contribution is 7.98. The van der Waals surface area contributed by atoms with E-state index < -0.39 is 11.6 Å². The van der Waals surface area contributed by atoms with Crippen LogP contribution in [-0.4, -0.2) is 5.75 Å². The van der Waals surface area contributed by atoms with Gasteiger partial charge in [-0.1, -0.05) is 6.07 Å².